The average Bonchev–Trinajstić information content (AvgIpc) is 2.44. The molecule has 0 aromatic rings. The number of likely N-dealkylation sites (N-methyl/N-ethyl adjacent to an activating group) is 1. The van der Waals surface area contributed by atoms with Crippen LogP contribution in [0.1, 0.15) is 57.8 Å². The molecule has 2 nitrogen and oxygen atoms in total. The van der Waals surface area contributed by atoms with Crippen molar-refractivity contribution in [3.63, 3.8) is 0 Å². The summed E-state index contributed by atoms with van der Waals surface area (Å²) in [7, 11) is 4.45. The van der Waals surface area contributed by atoms with Gasteiger partial charge in [0.1, 0.15) is 0 Å². The van der Waals surface area contributed by atoms with Gasteiger partial charge in [0.15, 0.2) is 0 Å². The van der Waals surface area contributed by atoms with Crippen molar-refractivity contribution in [1.29, 1.82) is 0 Å². The zero-order valence-corrected chi connectivity index (χ0v) is 14.2. The van der Waals surface area contributed by atoms with Crippen LogP contribution < -0.4 is 0 Å². The van der Waals surface area contributed by atoms with Gasteiger partial charge in [0.25, 0.3) is 0 Å². The summed E-state index contributed by atoms with van der Waals surface area (Å²) in [6.45, 7) is 3.92. The van der Waals surface area contributed by atoms with Crippen LogP contribution in [0.3, 0.4) is 0 Å². The third-order valence-electron chi connectivity index (χ3n) is 7.24. The molecule has 4 aliphatic carbocycles. The highest BCUT2D eigenvalue weighted by Crippen LogP contribution is 2.62. The number of hydrogen-bond donors (Lipinski definition) is 0. The lowest BCUT2D eigenvalue weighted by Crippen LogP contribution is -2.58. The molecule has 0 aromatic carbocycles. The first-order valence-electron chi connectivity index (χ1n) is 9.53. The Bertz CT molecular complexity index is 340. The Morgan fingerprint density at radius 2 is 1.57 bits per heavy atom. The molecular weight excluding hydrogens is 256 g/mol. The largest absolute Gasteiger partial charge is 0.308 e. The number of piperidine rings is 1. The predicted octanol–water partition coefficient (Wildman–Crippen LogP) is 3.62. The smallest absolute Gasteiger partial charge is 0.0152 e. The fourth-order valence-corrected chi connectivity index (χ4v) is 6.87. The maximum Gasteiger partial charge on any atom is 0.0152 e. The Labute approximate surface area is 131 Å². The van der Waals surface area contributed by atoms with Gasteiger partial charge >= 0.3 is 0 Å². The van der Waals surface area contributed by atoms with E-state index in [-0.39, 0.29) is 0 Å². The normalized spacial score (nSPS) is 46.4. The lowest BCUT2D eigenvalue weighted by molar-refractivity contribution is -0.110. The van der Waals surface area contributed by atoms with E-state index in [2.05, 4.69) is 23.9 Å². The second-order valence-electron chi connectivity index (χ2n) is 9.13. The number of hydrogen-bond acceptors (Lipinski definition) is 2. The minimum atomic E-state index is 0.738. The topological polar surface area (TPSA) is 6.48 Å². The minimum Gasteiger partial charge on any atom is -0.308 e. The third kappa shape index (κ3) is 2.67. The Morgan fingerprint density at radius 1 is 0.952 bits per heavy atom. The molecule has 1 unspecified atom stereocenters. The molecule has 21 heavy (non-hydrogen) atoms. The Morgan fingerprint density at radius 3 is 2.14 bits per heavy atom. The van der Waals surface area contributed by atoms with Crippen molar-refractivity contribution >= 4 is 0 Å². The standard InChI is InChI=1S/C19H34N2/c1-20(2)7-8-21-6-4-3-5-18(21)19-12-15-9-16(13-19)11-17(10-15)14-19/h15-18H,3-14H2,1-2H3. The van der Waals surface area contributed by atoms with Gasteiger partial charge in [-0.25, -0.2) is 0 Å². The van der Waals surface area contributed by atoms with E-state index in [9.17, 15) is 0 Å². The van der Waals surface area contributed by atoms with Gasteiger partial charge in [-0.3, -0.25) is 4.90 Å². The molecule has 1 atom stereocenters. The van der Waals surface area contributed by atoms with Crippen molar-refractivity contribution in [2.75, 3.05) is 33.7 Å². The minimum absolute atomic E-state index is 0.738. The molecule has 0 spiro atoms. The highest BCUT2D eigenvalue weighted by Gasteiger charge is 2.55. The second-order valence-corrected chi connectivity index (χ2v) is 9.13. The molecule has 5 rings (SSSR count). The molecule has 0 aromatic heterocycles. The Kier molecular flexibility index (Phi) is 3.82. The summed E-state index contributed by atoms with van der Waals surface area (Å²) in [6.07, 6.45) is 13.9. The van der Waals surface area contributed by atoms with Crippen molar-refractivity contribution in [2.24, 2.45) is 23.2 Å². The van der Waals surface area contributed by atoms with Crippen LogP contribution in [0.2, 0.25) is 0 Å². The summed E-state index contributed by atoms with van der Waals surface area (Å²) in [4.78, 5) is 5.28. The maximum absolute atomic E-state index is 2.91. The van der Waals surface area contributed by atoms with E-state index in [4.69, 9.17) is 0 Å². The first kappa shape index (κ1) is 14.5. The van der Waals surface area contributed by atoms with Gasteiger partial charge in [-0.1, -0.05) is 6.42 Å². The van der Waals surface area contributed by atoms with Gasteiger partial charge in [0, 0.05) is 19.1 Å². The highest BCUT2D eigenvalue weighted by atomic mass is 15.2. The Balaban J connectivity index is 1.52. The fraction of sp³-hybridized carbons (Fsp3) is 1.00. The molecule has 0 N–H and O–H groups in total. The number of nitrogens with zero attached hydrogens (tertiary/aromatic N) is 2. The van der Waals surface area contributed by atoms with E-state index < -0.39 is 0 Å². The first-order valence-corrected chi connectivity index (χ1v) is 9.53. The molecule has 1 aliphatic heterocycles. The molecule has 1 saturated heterocycles. The molecule has 4 saturated carbocycles. The van der Waals surface area contributed by atoms with Gasteiger partial charge in [-0.05, 0) is 95.2 Å². The van der Waals surface area contributed by atoms with E-state index in [1.807, 2.05) is 0 Å². The second kappa shape index (κ2) is 5.53. The molecule has 5 fully saturated rings. The van der Waals surface area contributed by atoms with Crippen molar-refractivity contribution in [3.8, 4) is 0 Å². The van der Waals surface area contributed by atoms with E-state index in [0.717, 1.165) is 29.2 Å². The lowest BCUT2D eigenvalue weighted by Gasteiger charge is -2.62. The summed E-state index contributed by atoms with van der Waals surface area (Å²) in [5.41, 5.74) is 0.738. The fourth-order valence-electron chi connectivity index (χ4n) is 6.87. The van der Waals surface area contributed by atoms with Gasteiger partial charge in [0.05, 0.1) is 0 Å². The van der Waals surface area contributed by atoms with Crippen LogP contribution in [0, 0.1) is 23.2 Å². The lowest BCUT2D eigenvalue weighted by atomic mass is 9.47. The van der Waals surface area contributed by atoms with Crippen LogP contribution >= 0.6 is 0 Å². The van der Waals surface area contributed by atoms with E-state index in [1.165, 1.54) is 38.9 Å². The Hall–Kier alpha value is -0.0800. The van der Waals surface area contributed by atoms with E-state index >= 15 is 0 Å². The SMILES string of the molecule is CN(C)CCN1CCCCC1C12CC3CC(CC(C3)C1)C2. The summed E-state index contributed by atoms with van der Waals surface area (Å²) >= 11 is 0. The average molecular weight is 290 g/mol. The number of likely N-dealkylation sites (tertiary alicyclic amines) is 1. The molecule has 5 aliphatic rings. The van der Waals surface area contributed by atoms with E-state index in [1.54, 1.807) is 38.5 Å². The molecule has 0 amide bonds. The van der Waals surface area contributed by atoms with Crippen molar-refractivity contribution in [3.05, 3.63) is 0 Å². The molecule has 0 radical (unpaired) electrons. The quantitative estimate of drug-likeness (QED) is 0.780. The van der Waals surface area contributed by atoms with Crippen LogP contribution in [-0.4, -0.2) is 49.6 Å². The number of rotatable bonds is 4. The summed E-state index contributed by atoms with van der Waals surface area (Å²) in [6, 6.07) is 0.930. The summed E-state index contributed by atoms with van der Waals surface area (Å²) in [5, 5.41) is 0. The van der Waals surface area contributed by atoms with Gasteiger partial charge < -0.3 is 4.90 Å². The van der Waals surface area contributed by atoms with Gasteiger partial charge in [0.2, 0.25) is 0 Å². The van der Waals surface area contributed by atoms with E-state index in [0.29, 0.717) is 0 Å². The van der Waals surface area contributed by atoms with Crippen LogP contribution in [0.5, 0.6) is 0 Å². The van der Waals surface area contributed by atoms with Gasteiger partial charge in [-0.15, -0.1) is 0 Å². The van der Waals surface area contributed by atoms with Crippen LogP contribution in [-0.2, 0) is 0 Å². The molecule has 2 heteroatoms. The van der Waals surface area contributed by atoms with Crippen molar-refractivity contribution in [1.82, 2.24) is 9.80 Å². The summed E-state index contributed by atoms with van der Waals surface area (Å²) < 4.78 is 0. The zero-order valence-electron chi connectivity index (χ0n) is 14.2. The monoisotopic (exact) mass is 290 g/mol. The molecule has 120 valence electrons. The predicted molar refractivity (Wildman–Crippen MR) is 88.4 cm³/mol. The van der Waals surface area contributed by atoms with Crippen LogP contribution in [0.25, 0.3) is 0 Å². The molecular formula is C19H34N2. The maximum atomic E-state index is 2.91. The molecule has 4 bridgehead atoms. The third-order valence-corrected chi connectivity index (χ3v) is 7.24. The van der Waals surface area contributed by atoms with Crippen molar-refractivity contribution in [2.45, 2.75) is 63.8 Å². The zero-order chi connectivity index (χ0) is 14.4. The van der Waals surface area contributed by atoms with Crippen LogP contribution in [0.4, 0.5) is 0 Å². The molecule has 1 heterocycles. The first-order chi connectivity index (χ1) is 10.1. The van der Waals surface area contributed by atoms with Gasteiger partial charge in [-0.2, -0.15) is 0 Å². The summed E-state index contributed by atoms with van der Waals surface area (Å²) in [5.74, 6) is 3.32. The van der Waals surface area contributed by atoms with Crippen molar-refractivity contribution < 1.29 is 0 Å². The van der Waals surface area contributed by atoms with Crippen LogP contribution in [0.15, 0.2) is 0 Å². The highest BCUT2D eigenvalue weighted by molar-refractivity contribution is 5.07.